The van der Waals surface area contributed by atoms with Crippen LogP contribution in [0.5, 0.6) is 0 Å². The van der Waals surface area contributed by atoms with Crippen molar-refractivity contribution in [3.8, 4) is 0 Å². The molecule has 3 heterocycles. The Morgan fingerprint density at radius 1 is 1.33 bits per heavy atom. The molecular formula is C13H14BrFN2O. The maximum absolute atomic E-state index is 12.8. The van der Waals surface area contributed by atoms with E-state index in [1.807, 2.05) is 4.90 Å². The van der Waals surface area contributed by atoms with E-state index in [9.17, 15) is 9.18 Å². The molecule has 0 spiro atoms. The summed E-state index contributed by atoms with van der Waals surface area (Å²) in [6.07, 6.45) is 5.25. The second-order valence-corrected chi connectivity index (χ2v) is 6.32. The summed E-state index contributed by atoms with van der Waals surface area (Å²) in [5.74, 6) is -0.462. The molecule has 5 heteroatoms. The lowest BCUT2D eigenvalue weighted by atomic mass is 10.0. The molecule has 0 N–H and O–H groups in total. The summed E-state index contributed by atoms with van der Waals surface area (Å²) in [6.45, 7) is 0. The number of pyridine rings is 1. The number of hydrogen-bond donors (Lipinski definition) is 0. The van der Waals surface area contributed by atoms with Gasteiger partial charge in [-0.25, -0.2) is 9.37 Å². The lowest BCUT2D eigenvalue weighted by Gasteiger charge is -2.37. The number of hydrogen-bond acceptors (Lipinski definition) is 2. The number of carbonyl (C=O) groups is 1. The molecule has 1 aromatic rings. The van der Waals surface area contributed by atoms with E-state index in [0.29, 0.717) is 22.6 Å². The third-order valence-corrected chi connectivity index (χ3v) is 4.60. The minimum absolute atomic E-state index is 0.0538. The van der Waals surface area contributed by atoms with Crippen LogP contribution in [-0.2, 0) is 0 Å². The predicted octanol–water partition coefficient (Wildman–Crippen LogP) is 2.75. The van der Waals surface area contributed by atoms with Crippen LogP contribution in [0.3, 0.4) is 0 Å². The molecule has 0 radical (unpaired) electrons. The van der Waals surface area contributed by atoms with Crippen molar-refractivity contribution in [2.75, 3.05) is 0 Å². The van der Waals surface area contributed by atoms with Crippen molar-refractivity contribution >= 4 is 21.8 Å². The summed E-state index contributed by atoms with van der Waals surface area (Å²) in [7, 11) is 0. The molecule has 2 saturated heterocycles. The second-order valence-electron chi connectivity index (χ2n) is 5.03. The van der Waals surface area contributed by atoms with Crippen molar-refractivity contribution in [1.29, 1.82) is 0 Å². The Kier molecular flexibility index (Phi) is 3.09. The molecule has 2 bridgehead atoms. The van der Waals surface area contributed by atoms with Crippen molar-refractivity contribution in [2.24, 2.45) is 0 Å². The Morgan fingerprint density at radius 3 is 2.56 bits per heavy atom. The first-order valence-electron chi connectivity index (χ1n) is 6.23. The van der Waals surface area contributed by atoms with Crippen molar-refractivity contribution in [1.82, 2.24) is 9.88 Å². The molecule has 96 valence electrons. The third kappa shape index (κ3) is 2.05. The zero-order valence-corrected chi connectivity index (χ0v) is 11.4. The lowest BCUT2D eigenvalue weighted by molar-refractivity contribution is 0.0597. The van der Waals surface area contributed by atoms with Crippen molar-refractivity contribution in [2.45, 2.75) is 42.6 Å². The fourth-order valence-electron chi connectivity index (χ4n) is 3.08. The summed E-state index contributed by atoms with van der Waals surface area (Å²) >= 11 is 3.65. The highest BCUT2D eigenvalue weighted by Gasteiger charge is 2.42. The fourth-order valence-corrected chi connectivity index (χ4v) is 3.94. The number of aromatic nitrogens is 1. The van der Waals surface area contributed by atoms with E-state index in [4.69, 9.17) is 0 Å². The van der Waals surface area contributed by atoms with Gasteiger partial charge in [0.25, 0.3) is 5.91 Å². The predicted molar refractivity (Wildman–Crippen MR) is 69.1 cm³/mol. The number of alkyl halides is 1. The van der Waals surface area contributed by atoms with Crippen LogP contribution in [-0.4, -0.2) is 32.7 Å². The summed E-state index contributed by atoms with van der Waals surface area (Å²) < 4.78 is 12.8. The van der Waals surface area contributed by atoms with Gasteiger partial charge < -0.3 is 4.90 Å². The third-order valence-electron chi connectivity index (χ3n) is 3.86. The van der Waals surface area contributed by atoms with Gasteiger partial charge in [-0.15, -0.1) is 0 Å². The van der Waals surface area contributed by atoms with E-state index < -0.39 is 5.82 Å². The van der Waals surface area contributed by atoms with Crippen LogP contribution in [0.25, 0.3) is 0 Å². The van der Waals surface area contributed by atoms with Crippen molar-refractivity contribution in [3.05, 3.63) is 29.8 Å². The lowest BCUT2D eigenvalue weighted by Crippen LogP contribution is -2.47. The molecule has 3 nitrogen and oxygen atoms in total. The number of piperidine rings is 1. The van der Waals surface area contributed by atoms with Crippen LogP contribution in [0.15, 0.2) is 18.3 Å². The number of rotatable bonds is 1. The molecule has 1 amide bonds. The van der Waals surface area contributed by atoms with Gasteiger partial charge in [0.05, 0.1) is 6.20 Å². The molecule has 2 atom stereocenters. The molecule has 2 aliphatic rings. The minimum atomic E-state index is -0.409. The maximum atomic E-state index is 12.8. The normalized spacial score (nSPS) is 30.6. The van der Waals surface area contributed by atoms with Crippen LogP contribution >= 0.6 is 15.9 Å². The Bertz CT molecular complexity index is 451. The highest BCUT2D eigenvalue weighted by Crippen LogP contribution is 2.39. The number of halogens is 2. The van der Waals surface area contributed by atoms with Gasteiger partial charge in [-0.05, 0) is 37.8 Å². The number of carbonyl (C=O) groups excluding carboxylic acids is 1. The molecule has 0 aromatic carbocycles. The highest BCUT2D eigenvalue weighted by molar-refractivity contribution is 9.09. The minimum Gasteiger partial charge on any atom is -0.331 e. The van der Waals surface area contributed by atoms with E-state index in [2.05, 4.69) is 20.9 Å². The maximum Gasteiger partial charge on any atom is 0.272 e. The van der Waals surface area contributed by atoms with Crippen molar-refractivity contribution in [3.63, 3.8) is 0 Å². The summed E-state index contributed by atoms with van der Waals surface area (Å²) in [5, 5.41) is 0. The van der Waals surface area contributed by atoms with E-state index in [1.165, 1.54) is 12.1 Å². The van der Waals surface area contributed by atoms with Crippen LogP contribution in [0.1, 0.15) is 36.2 Å². The molecule has 1 aromatic heterocycles. The Morgan fingerprint density at radius 2 is 2.00 bits per heavy atom. The van der Waals surface area contributed by atoms with Gasteiger partial charge in [0, 0.05) is 16.9 Å². The molecule has 3 rings (SSSR count). The highest BCUT2D eigenvalue weighted by atomic mass is 79.9. The summed E-state index contributed by atoms with van der Waals surface area (Å²) in [6, 6.07) is 3.39. The standard InChI is InChI=1S/C13H14BrFN2O/c14-8-5-10-2-3-11(6-8)17(10)13(18)12-4-1-9(15)7-16-12/h1,4,7-8,10-11H,2-3,5-6H2. The first-order chi connectivity index (χ1) is 8.65. The average molecular weight is 313 g/mol. The zero-order valence-electron chi connectivity index (χ0n) is 9.85. The van der Waals surface area contributed by atoms with Gasteiger partial charge in [0.1, 0.15) is 11.5 Å². The molecule has 18 heavy (non-hydrogen) atoms. The fraction of sp³-hybridized carbons (Fsp3) is 0.538. The van der Waals surface area contributed by atoms with E-state index in [1.54, 1.807) is 0 Å². The van der Waals surface area contributed by atoms with E-state index in [-0.39, 0.29) is 5.91 Å². The van der Waals surface area contributed by atoms with E-state index in [0.717, 1.165) is 31.9 Å². The monoisotopic (exact) mass is 312 g/mol. The van der Waals surface area contributed by atoms with Gasteiger partial charge in [-0.2, -0.15) is 0 Å². The van der Waals surface area contributed by atoms with Gasteiger partial charge in [0.15, 0.2) is 0 Å². The number of fused-ring (bicyclic) bond motifs is 2. The van der Waals surface area contributed by atoms with Gasteiger partial charge in [-0.1, -0.05) is 15.9 Å². The number of amides is 1. The Labute approximate surface area is 114 Å². The molecule has 2 fully saturated rings. The van der Waals surface area contributed by atoms with Gasteiger partial charge >= 0.3 is 0 Å². The molecule has 0 aliphatic carbocycles. The van der Waals surface area contributed by atoms with Gasteiger partial charge in [-0.3, -0.25) is 4.79 Å². The average Bonchev–Trinajstić information content (AvgIpc) is 2.62. The van der Waals surface area contributed by atoms with Crippen LogP contribution in [0.4, 0.5) is 4.39 Å². The summed E-state index contributed by atoms with van der Waals surface area (Å²) in [4.78, 5) is 18.8. The Balaban J connectivity index is 1.83. The van der Waals surface area contributed by atoms with Crippen LogP contribution in [0, 0.1) is 5.82 Å². The topological polar surface area (TPSA) is 33.2 Å². The largest absolute Gasteiger partial charge is 0.331 e. The van der Waals surface area contributed by atoms with E-state index >= 15 is 0 Å². The number of nitrogens with zero attached hydrogens (tertiary/aromatic N) is 2. The molecule has 0 saturated carbocycles. The van der Waals surface area contributed by atoms with Crippen LogP contribution in [0.2, 0.25) is 0 Å². The van der Waals surface area contributed by atoms with Crippen LogP contribution < -0.4 is 0 Å². The SMILES string of the molecule is O=C(c1ccc(F)cn1)N1C2CCC1CC(Br)C2. The van der Waals surface area contributed by atoms with Gasteiger partial charge in [0.2, 0.25) is 0 Å². The molecule has 2 aliphatic heterocycles. The molecular weight excluding hydrogens is 299 g/mol. The Hall–Kier alpha value is -0.970. The first-order valence-corrected chi connectivity index (χ1v) is 7.15. The smallest absolute Gasteiger partial charge is 0.272 e. The quantitative estimate of drug-likeness (QED) is 0.747. The first kappa shape index (κ1) is 12.1. The van der Waals surface area contributed by atoms with Crippen molar-refractivity contribution < 1.29 is 9.18 Å². The zero-order chi connectivity index (χ0) is 12.7. The molecule has 2 unspecified atom stereocenters. The second kappa shape index (κ2) is 4.61. The summed E-state index contributed by atoms with van der Waals surface area (Å²) in [5.41, 5.74) is 0.348.